The predicted molar refractivity (Wildman–Crippen MR) is 91.9 cm³/mol. The van der Waals surface area contributed by atoms with Crippen molar-refractivity contribution >= 4 is 33.9 Å². The quantitative estimate of drug-likeness (QED) is 0.417. The van der Waals surface area contributed by atoms with E-state index in [1.54, 1.807) is 12.1 Å². The summed E-state index contributed by atoms with van der Waals surface area (Å²) < 4.78 is 0. The van der Waals surface area contributed by atoms with Crippen molar-refractivity contribution in [2.75, 3.05) is 5.32 Å². The van der Waals surface area contributed by atoms with Gasteiger partial charge in [-0.1, -0.05) is 60.1 Å². The smallest absolute Gasteiger partial charge is 0.329 e. The normalized spacial score (nSPS) is 12.1. The number of hydrogen-bond donors (Lipinski definition) is 1. The van der Waals surface area contributed by atoms with Crippen molar-refractivity contribution in [2.45, 2.75) is 13.0 Å². The number of para-hydroxylation sites is 1. The molecule has 0 amide bonds. The average molecular weight is 328 g/mol. The van der Waals surface area contributed by atoms with Crippen molar-refractivity contribution in [3.05, 3.63) is 75.4 Å². The number of pyridine rings is 1. The molecule has 0 saturated carbocycles. The van der Waals surface area contributed by atoms with E-state index in [9.17, 15) is 10.1 Å². The first-order chi connectivity index (χ1) is 11.1. The Bertz CT molecular complexity index is 868. The van der Waals surface area contributed by atoms with Crippen molar-refractivity contribution in [2.24, 2.45) is 0 Å². The van der Waals surface area contributed by atoms with Crippen LogP contribution in [0.2, 0.25) is 5.15 Å². The van der Waals surface area contributed by atoms with E-state index in [-0.39, 0.29) is 16.9 Å². The molecule has 2 aromatic carbocycles. The molecule has 3 rings (SSSR count). The second-order valence-electron chi connectivity index (χ2n) is 5.18. The van der Waals surface area contributed by atoms with Crippen LogP contribution in [0.5, 0.6) is 0 Å². The van der Waals surface area contributed by atoms with Gasteiger partial charge in [0.05, 0.1) is 10.4 Å². The first-order valence-corrected chi connectivity index (χ1v) is 7.50. The molecule has 5 nitrogen and oxygen atoms in total. The van der Waals surface area contributed by atoms with Gasteiger partial charge in [0.2, 0.25) is 5.15 Å². The SMILES string of the molecule is CC(Nc1c([N+](=O)[O-])c(Cl)nc2ccccc12)c1ccccc1. The van der Waals surface area contributed by atoms with Crippen LogP contribution in [0.15, 0.2) is 54.6 Å². The number of nitrogens with one attached hydrogen (secondary N) is 1. The van der Waals surface area contributed by atoms with Crippen molar-refractivity contribution in [3.8, 4) is 0 Å². The molecule has 116 valence electrons. The maximum atomic E-state index is 11.4. The van der Waals surface area contributed by atoms with Gasteiger partial charge in [0.25, 0.3) is 0 Å². The maximum Gasteiger partial charge on any atom is 0.329 e. The van der Waals surface area contributed by atoms with E-state index < -0.39 is 4.92 Å². The third-order valence-corrected chi connectivity index (χ3v) is 3.93. The fraction of sp³-hybridized carbons (Fsp3) is 0.118. The molecule has 0 saturated heterocycles. The highest BCUT2D eigenvalue weighted by Crippen LogP contribution is 2.39. The van der Waals surface area contributed by atoms with Gasteiger partial charge in [0, 0.05) is 11.4 Å². The van der Waals surface area contributed by atoms with Crippen LogP contribution in [0.4, 0.5) is 11.4 Å². The Kier molecular flexibility index (Phi) is 4.12. The minimum atomic E-state index is -0.498. The number of nitrogens with zero attached hydrogens (tertiary/aromatic N) is 2. The number of fused-ring (bicyclic) bond motifs is 1. The number of nitro groups is 1. The number of anilines is 1. The standard InChI is InChI=1S/C17H14ClN3O2/c1-11(12-7-3-2-4-8-12)19-15-13-9-5-6-10-14(13)20-17(18)16(15)21(22)23/h2-11H,1H3,(H,19,20). The predicted octanol–water partition coefficient (Wildman–Crippen LogP) is 4.97. The molecule has 23 heavy (non-hydrogen) atoms. The molecule has 1 unspecified atom stereocenters. The Hall–Kier alpha value is -2.66. The first-order valence-electron chi connectivity index (χ1n) is 7.12. The minimum absolute atomic E-state index is 0.114. The summed E-state index contributed by atoms with van der Waals surface area (Å²) in [5.41, 5.74) is 1.83. The molecule has 0 bridgehead atoms. The number of hydrogen-bond acceptors (Lipinski definition) is 4. The van der Waals surface area contributed by atoms with Crippen LogP contribution in [-0.4, -0.2) is 9.91 Å². The van der Waals surface area contributed by atoms with Crippen LogP contribution in [0.3, 0.4) is 0 Å². The molecule has 1 aromatic heterocycles. The minimum Gasteiger partial charge on any atom is -0.372 e. The van der Waals surface area contributed by atoms with Crippen LogP contribution in [0.25, 0.3) is 10.9 Å². The lowest BCUT2D eigenvalue weighted by Gasteiger charge is -2.17. The van der Waals surface area contributed by atoms with Crippen LogP contribution in [0, 0.1) is 10.1 Å². The molecule has 0 fully saturated rings. The molecule has 6 heteroatoms. The lowest BCUT2D eigenvalue weighted by molar-refractivity contribution is -0.384. The maximum absolute atomic E-state index is 11.4. The summed E-state index contributed by atoms with van der Waals surface area (Å²) in [6.45, 7) is 1.95. The van der Waals surface area contributed by atoms with Gasteiger partial charge in [-0.2, -0.15) is 0 Å². The van der Waals surface area contributed by atoms with Gasteiger partial charge in [-0.25, -0.2) is 4.98 Å². The molecule has 0 radical (unpaired) electrons. The Balaban J connectivity index is 2.14. The molecule has 1 atom stereocenters. The summed E-state index contributed by atoms with van der Waals surface area (Å²) >= 11 is 6.04. The zero-order valence-electron chi connectivity index (χ0n) is 12.4. The number of rotatable bonds is 4. The second kappa shape index (κ2) is 6.22. The molecule has 1 N–H and O–H groups in total. The molecule has 0 aliphatic rings. The van der Waals surface area contributed by atoms with E-state index in [4.69, 9.17) is 11.6 Å². The topological polar surface area (TPSA) is 68.1 Å². The molecule has 0 aliphatic carbocycles. The molecular weight excluding hydrogens is 314 g/mol. The van der Waals surface area contributed by atoms with E-state index >= 15 is 0 Å². The zero-order chi connectivity index (χ0) is 16.4. The highest BCUT2D eigenvalue weighted by Gasteiger charge is 2.24. The van der Waals surface area contributed by atoms with Crippen LogP contribution in [-0.2, 0) is 0 Å². The third kappa shape index (κ3) is 2.96. The largest absolute Gasteiger partial charge is 0.372 e. The van der Waals surface area contributed by atoms with E-state index in [0.717, 1.165) is 5.56 Å². The zero-order valence-corrected chi connectivity index (χ0v) is 13.1. The molecule has 3 aromatic rings. The molecule has 0 aliphatic heterocycles. The Labute approximate surface area is 138 Å². The monoisotopic (exact) mass is 327 g/mol. The van der Waals surface area contributed by atoms with Gasteiger partial charge in [-0.15, -0.1) is 0 Å². The number of aromatic nitrogens is 1. The average Bonchev–Trinajstić information content (AvgIpc) is 2.55. The highest BCUT2D eigenvalue weighted by atomic mass is 35.5. The van der Waals surface area contributed by atoms with E-state index in [2.05, 4.69) is 10.3 Å². The number of halogens is 1. The molecular formula is C17H14ClN3O2. The summed E-state index contributed by atoms with van der Waals surface area (Å²) in [5.74, 6) is 0. The van der Waals surface area contributed by atoms with Gasteiger partial charge < -0.3 is 5.32 Å². The second-order valence-corrected chi connectivity index (χ2v) is 5.54. The van der Waals surface area contributed by atoms with Crippen molar-refractivity contribution in [3.63, 3.8) is 0 Å². The van der Waals surface area contributed by atoms with Gasteiger partial charge in [0.15, 0.2) is 0 Å². The summed E-state index contributed by atoms with van der Waals surface area (Å²) in [5, 5.41) is 15.2. The highest BCUT2D eigenvalue weighted by molar-refractivity contribution is 6.33. The fourth-order valence-corrected chi connectivity index (χ4v) is 2.78. The van der Waals surface area contributed by atoms with Crippen LogP contribution >= 0.6 is 11.6 Å². The molecule has 1 heterocycles. The van der Waals surface area contributed by atoms with Gasteiger partial charge in [-0.05, 0) is 18.6 Å². The Morgan fingerprint density at radius 3 is 2.48 bits per heavy atom. The van der Waals surface area contributed by atoms with Crippen molar-refractivity contribution < 1.29 is 4.92 Å². The lowest BCUT2D eigenvalue weighted by Crippen LogP contribution is -2.09. The van der Waals surface area contributed by atoms with Crippen LogP contribution in [0.1, 0.15) is 18.5 Å². The summed E-state index contributed by atoms with van der Waals surface area (Å²) in [7, 11) is 0. The first kappa shape index (κ1) is 15.2. The Morgan fingerprint density at radius 1 is 1.13 bits per heavy atom. The Morgan fingerprint density at radius 2 is 1.78 bits per heavy atom. The lowest BCUT2D eigenvalue weighted by atomic mass is 10.1. The van der Waals surface area contributed by atoms with E-state index in [1.807, 2.05) is 49.4 Å². The van der Waals surface area contributed by atoms with E-state index in [1.165, 1.54) is 0 Å². The summed E-state index contributed by atoms with van der Waals surface area (Å²) in [6, 6.07) is 16.8. The van der Waals surface area contributed by atoms with Gasteiger partial charge in [0.1, 0.15) is 5.69 Å². The van der Waals surface area contributed by atoms with Crippen molar-refractivity contribution in [1.82, 2.24) is 4.98 Å². The van der Waals surface area contributed by atoms with Gasteiger partial charge >= 0.3 is 5.69 Å². The fourth-order valence-electron chi connectivity index (χ4n) is 2.53. The van der Waals surface area contributed by atoms with Crippen LogP contribution < -0.4 is 5.32 Å². The molecule has 0 spiro atoms. The summed E-state index contributed by atoms with van der Waals surface area (Å²) in [6.07, 6.45) is 0. The van der Waals surface area contributed by atoms with Gasteiger partial charge in [-0.3, -0.25) is 10.1 Å². The summed E-state index contributed by atoms with van der Waals surface area (Å²) in [4.78, 5) is 15.1. The van der Waals surface area contributed by atoms with Crippen molar-refractivity contribution in [1.29, 1.82) is 0 Å². The van der Waals surface area contributed by atoms with E-state index in [0.29, 0.717) is 16.6 Å². The number of benzene rings is 2. The third-order valence-electron chi connectivity index (χ3n) is 3.67.